The van der Waals surface area contributed by atoms with Crippen LogP contribution in [0.25, 0.3) is 0 Å². The van der Waals surface area contributed by atoms with Gasteiger partial charge in [0, 0.05) is 12.7 Å². The molecule has 0 aliphatic carbocycles. The molecule has 0 aromatic carbocycles. The molecule has 0 radical (unpaired) electrons. The van der Waals surface area contributed by atoms with Gasteiger partial charge in [0.25, 0.3) is 0 Å². The number of aliphatic imine (C=N–C) groups is 1. The van der Waals surface area contributed by atoms with E-state index in [1.807, 2.05) is 22.9 Å². The summed E-state index contributed by atoms with van der Waals surface area (Å²) in [5, 5.41) is 0. The highest BCUT2D eigenvalue weighted by molar-refractivity contribution is 6.43. The quantitative estimate of drug-likeness (QED) is 0.652. The van der Waals surface area contributed by atoms with Crippen LogP contribution in [0.2, 0.25) is 0 Å². The summed E-state index contributed by atoms with van der Waals surface area (Å²) in [6.45, 7) is 3.67. The topological polar surface area (TPSA) is 43.6 Å². The second kappa shape index (κ2) is 3.65. The summed E-state index contributed by atoms with van der Waals surface area (Å²) in [7, 11) is 0. The van der Waals surface area contributed by atoms with Gasteiger partial charge in [-0.05, 0) is 19.1 Å². The number of carbonyl (C=O) groups is 1. The maximum Gasteiger partial charge on any atom is 0.358 e. The summed E-state index contributed by atoms with van der Waals surface area (Å²) in [4.78, 5) is 15.7. The Bertz CT molecular complexity index is 379. The van der Waals surface area contributed by atoms with Gasteiger partial charge in [-0.3, -0.25) is 4.99 Å². The first-order valence-electron chi connectivity index (χ1n) is 4.70. The lowest BCUT2D eigenvalue weighted by molar-refractivity contribution is -0.135. The number of nitrogens with zero attached hydrogens (tertiary/aromatic N) is 2. The molecule has 4 nitrogen and oxygen atoms in total. The van der Waals surface area contributed by atoms with E-state index in [0.29, 0.717) is 18.9 Å². The summed E-state index contributed by atoms with van der Waals surface area (Å²) >= 11 is 0. The molecule has 0 N–H and O–H groups in total. The van der Waals surface area contributed by atoms with Crippen molar-refractivity contribution >= 4 is 11.7 Å². The third-order valence-electron chi connectivity index (χ3n) is 2.15. The minimum Gasteiger partial charge on any atom is -0.461 e. The van der Waals surface area contributed by atoms with Gasteiger partial charge in [-0.1, -0.05) is 0 Å². The van der Waals surface area contributed by atoms with Crippen LogP contribution in [0.5, 0.6) is 0 Å². The van der Waals surface area contributed by atoms with Gasteiger partial charge in [0.15, 0.2) is 5.71 Å². The average Bonchev–Trinajstić information content (AvgIpc) is 2.65. The standard InChI is InChI=1S/C10H12N2O2/c1-2-14-10(13)9-8-4-3-6-12(8)7-5-11-9/h3-4,6H,2,5,7H2,1H3. The molecule has 1 aromatic heterocycles. The smallest absolute Gasteiger partial charge is 0.358 e. The largest absolute Gasteiger partial charge is 0.461 e. The van der Waals surface area contributed by atoms with Gasteiger partial charge in [0.05, 0.1) is 18.8 Å². The lowest BCUT2D eigenvalue weighted by atomic mass is 10.2. The number of aromatic nitrogens is 1. The second-order valence-electron chi connectivity index (χ2n) is 3.04. The van der Waals surface area contributed by atoms with Crippen LogP contribution in [0.3, 0.4) is 0 Å². The summed E-state index contributed by atoms with van der Waals surface area (Å²) in [6, 6.07) is 3.80. The molecule has 0 saturated carbocycles. The number of carbonyl (C=O) groups excluding carboxylic acids is 1. The monoisotopic (exact) mass is 192 g/mol. The molecule has 4 heteroatoms. The zero-order chi connectivity index (χ0) is 9.97. The number of esters is 1. The van der Waals surface area contributed by atoms with Gasteiger partial charge >= 0.3 is 5.97 Å². The molecule has 0 saturated heterocycles. The van der Waals surface area contributed by atoms with Crippen LogP contribution in [0, 0.1) is 0 Å². The van der Waals surface area contributed by atoms with Gasteiger partial charge < -0.3 is 9.30 Å². The maximum absolute atomic E-state index is 11.5. The van der Waals surface area contributed by atoms with Gasteiger partial charge in [0.2, 0.25) is 0 Å². The first-order valence-corrected chi connectivity index (χ1v) is 4.70. The maximum atomic E-state index is 11.5. The summed E-state index contributed by atoms with van der Waals surface area (Å²) in [6.07, 6.45) is 1.95. The van der Waals surface area contributed by atoms with Crippen molar-refractivity contribution in [3.8, 4) is 0 Å². The molecule has 0 bridgehead atoms. The first kappa shape index (κ1) is 8.99. The van der Waals surface area contributed by atoms with Crippen LogP contribution < -0.4 is 0 Å². The molecule has 0 amide bonds. The zero-order valence-electron chi connectivity index (χ0n) is 8.06. The molecule has 1 aliphatic heterocycles. The Balaban J connectivity index is 2.29. The third-order valence-corrected chi connectivity index (χ3v) is 2.15. The van der Waals surface area contributed by atoms with Crippen molar-refractivity contribution in [2.24, 2.45) is 4.99 Å². The Hall–Kier alpha value is -1.58. The summed E-state index contributed by atoms with van der Waals surface area (Å²) < 4.78 is 6.94. The number of ether oxygens (including phenoxy) is 1. The molecule has 2 rings (SSSR count). The van der Waals surface area contributed by atoms with E-state index in [0.717, 1.165) is 12.2 Å². The lowest BCUT2D eigenvalue weighted by Crippen LogP contribution is -2.26. The van der Waals surface area contributed by atoms with E-state index in [4.69, 9.17) is 4.74 Å². The van der Waals surface area contributed by atoms with Crippen LogP contribution in [0.15, 0.2) is 23.3 Å². The van der Waals surface area contributed by atoms with Crippen molar-refractivity contribution in [1.82, 2.24) is 4.57 Å². The van der Waals surface area contributed by atoms with Gasteiger partial charge in [-0.25, -0.2) is 4.79 Å². The first-order chi connectivity index (χ1) is 6.83. The Labute approximate surface area is 82.2 Å². The highest BCUT2D eigenvalue weighted by Gasteiger charge is 2.20. The third kappa shape index (κ3) is 1.43. The fourth-order valence-corrected chi connectivity index (χ4v) is 1.54. The minimum atomic E-state index is -0.327. The zero-order valence-corrected chi connectivity index (χ0v) is 8.06. The normalized spacial score (nSPS) is 14.5. The number of hydrogen-bond acceptors (Lipinski definition) is 3. The van der Waals surface area contributed by atoms with Crippen LogP contribution in [0.4, 0.5) is 0 Å². The molecular formula is C10H12N2O2. The summed E-state index contributed by atoms with van der Waals surface area (Å²) in [5.74, 6) is -0.327. The van der Waals surface area contributed by atoms with Crippen molar-refractivity contribution in [3.63, 3.8) is 0 Å². The predicted molar refractivity (Wildman–Crippen MR) is 52.5 cm³/mol. The van der Waals surface area contributed by atoms with E-state index in [9.17, 15) is 4.79 Å². The molecule has 2 heterocycles. The number of fused-ring (bicyclic) bond motifs is 1. The Morgan fingerprint density at radius 2 is 2.57 bits per heavy atom. The highest BCUT2D eigenvalue weighted by atomic mass is 16.5. The Kier molecular flexibility index (Phi) is 2.35. The van der Waals surface area contributed by atoms with Gasteiger partial charge in [0.1, 0.15) is 0 Å². The lowest BCUT2D eigenvalue weighted by Gasteiger charge is -2.14. The number of rotatable bonds is 2. The van der Waals surface area contributed by atoms with Crippen molar-refractivity contribution in [2.75, 3.05) is 13.2 Å². The van der Waals surface area contributed by atoms with Crippen molar-refractivity contribution in [3.05, 3.63) is 24.0 Å². The molecule has 74 valence electrons. The molecule has 1 aliphatic rings. The fourth-order valence-electron chi connectivity index (χ4n) is 1.54. The van der Waals surface area contributed by atoms with E-state index in [2.05, 4.69) is 4.99 Å². The molecule has 0 unspecified atom stereocenters. The van der Waals surface area contributed by atoms with Crippen LogP contribution in [-0.2, 0) is 16.1 Å². The molecule has 1 aromatic rings. The minimum absolute atomic E-state index is 0.327. The molecule has 0 spiro atoms. The second-order valence-corrected chi connectivity index (χ2v) is 3.04. The van der Waals surface area contributed by atoms with E-state index < -0.39 is 0 Å². The van der Waals surface area contributed by atoms with Crippen LogP contribution in [0.1, 0.15) is 12.6 Å². The predicted octanol–water partition coefficient (Wildman–Crippen LogP) is 0.854. The van der Waals surface area contributed by atoms with Gasteiger partial charge in [-0.15, -0.1) is 0 Å². The van der Waals surface area contributed by atoms with E-state index in [-0.39, 0.29) is 5.97 Å². The molecule has 14 heavy (non-hydrogen) atoms. The van der Waals surface area contributed by atoms with Crippen LogP contribution >= 0.6 is 0 Å². The highest BCUT2D eigenvalue weighted by Crippen LogP contribution is 2.10. The van der Waals surface area contributed by atoms with E-state index in [1.54, 1.807) is 6.92 Å². The molecular weight excluding hydrogens is 180 g/mol. The Morgan fingerprint density at radius 1 is 1.71 bits per heavy atom. The summed E-state index contributed by atoms with van der Waals surface area (Å²) in [5.41, 5.74) is 1.30. The number of hydrogen-bond donors (Lipinski definition) is 0. The van der Waals surface area contributed by atoms with Crippen molar-refractivity contribution in [2.45, 2.75) is 13.5 Å². The van der Waals surface area contributed by atoms with Crippen molar-refractivity contribution < 1.29 is 9.53 Å². The van der Waals surface area contributed by atoms with E-state index >= 15 is 0 Å². The van der Waals surface area contributed by atoms with Gasteiger partial charge in [-0.2, -0.15) is 0 Å². The van der Waals surface area contributed by atoms with Crippen LogP contribution in [-0.4, -0.2) is 29.4 Å². The Morgan fingerprint density at radius 3 is 3.36 bits per heavy atom. The average molecular weight is 192 g/mol. The van der Waals surface area contributed by atoms with Crippen molar-refractivity contribution in [1.29, 1.82) is 0 Å². The molecule has 0 fully saturated rings. The fraction of sp³-hybridized carbons (Fsp3) is 0.400. The molecule has 0 atom stereocenters. The SMILES string of the molecule is CCOC(=O)C1=NCCn2cccc21. The van der Waals surface area contributed by atoms with E-state index in [1.165, 1.54) is 0 Å².